The molecule has 0 aliphatic carbocycles. The number of hydrogen-bond donors (Lipinski definition) is 1. The summed E-state index contributed by atoms with van der Waals surface area (Å²) in [5.74, 6) is 0.678. The van der Waals surface area contributed by atoms with Crippen LogP contribution in [-0.4, -0.2) is 39.3 Å². The number of fused-ring (bicyclic) bond motifs is 1. The van der Waals surface area contributed by atoms with Crippen molar-refractivity contribution in [3.8, 4) is 11.5 Å². The Morgan fingerprint density at radius 3 is 2.46 bits per heavy atom. The lowest BCUT2D eigenvalue weighted by Gasteiger charge is -2.38. The molecule has 37 heavy (non-hydrogen) atoms. The standard InChI is InChI=1S/C28H32N2O5S2/c1-5-34-26-13-9-7-11-24(26)30(37(32,33)21-16-14-20(36-4)15-17-21)19-27(31)29-23-18-28(2,3)35-25-12-8-6-10-22(23)25/h6-17,23H,5,18-19H2,1-4H3,(H,29,31). The summed E-state index contributed by atoms with van der Waals surface area (Å²) in [6.07, 6.45) is 2.47. The predicted octanol–water partition coefficient (Wildman–Crippen LogP) is 5.42. The molecule has 0 radical (unpaired) electrons. The van der Waals surface area contributed by atoms with Crippen LogP contribution in [0.25, 0.3) is 0 Å². The Labute approximate surface area is 223 Å². The Morgan fingerprint density at radius 2 is 1.76 bits per heavy atom. The number of para-hydroxylation sites is 3. The molecule has 4 rings (SSSR count). The normalized spacial score (nSPS) is 16.3. The molecule has 1 aliphatic heterocycles. The number of anilines is 1. The van der Waals surface area contributed by atoms with Gasteiger partial charge in [0.15, 0.2) is 0 Å². The Kier molecular flexibility index (Phi) is 8.04. The highest BCUT2D eigenvalue weighted by Crippen LogP contribution is 2.39. The number of thioether (sulfide) groups is 1. The van der Waals surface area contributed by atoms with E-state index in [9.17, 15) is 13.2 Å². The molecule has 1 heterocycles. The molecule has 0 bridgehead atoms. The minimum Gasteiger partial charge on any atom is -0.492 e. The van der Waals surface area contributed by atoms with Crippen LogP contribution < -0.4 is 19.1 Å². The number of amides is 1. The number of benzene rings is 3. The molecule has 3 aromatic rings. The van der Waals surface area contributed by atoms with E-state index in [1.165, 1.54) is 11.8 Å². The van der Waals surface area contributed by atoms with Gasteiger partial charge in [0.1, 0.15) is 23.6 Å². The number of ether oxygens (including phenoxy) is 2. The van der Waals surface area contributed by atoms with Crippen molar-refractivity contribution in [2.45, 2.75) is 48.6 Å². The van der Waals surface area contributed by atoms with Gasteiger partial charge >= 0.3 is 0 Å². The molecule has 1 unspecified atom stereocenters. The third-order valence-corrected chi connectivity index (χ3v) is 8.60. The molecule has 7 nitrogen and oxygen atoms in total. The van der Waals surface area contributed by atoms with Crippen molar-refractivity contribution >= 4 is 33.4 Å². The molecule has 1 aliphatic rings. The van der Waals surface area contributed by atoms with Crippen molar-refractivity contribution in [1.82, 2.24) is 5.32 Å². The maximum Gasteiger partial charge on any atom is 0.264 e. The van der Waals surface area contributed by atoms with E-state index < -0.39 is 28.1 Å². The average Bonchev–Trinajstić information content (AvgIpc) is 2.87. The molecule has 9 heteroatoms. The second-order valence-electron chi connectivity index (χ2n) is 9.31. The second-order valence-corrected chi connectivity index (χ2v) is 12.1. The topological polar surface area (TPSA) is 84.9 Å². The summed E-state index contributed by atoms with van der Waals surface area (Å²) in [7, 11) is -4.08. The number of sulfonamides is 1. The van der Waals surface area contributed by atoms with E-state index in [4.69, 9.17) is 9.47 Å². The van der Waals surface area contributed by atoms with Gasteiger partial charge in [0.2, 0.25) is 5.91 Å². The van der Waals surface area contributed by atoms with Crippen molar-refractivity contribution < 1.29 is 22.7 Å². The molecule has 0 saturated carbocycles. The van der Waals surface area contributed by atoms with Crippen LogP contribution in [-0.2, 0) is 14.8 Å². The number of nitrogens with zero attached hydrogens (tertiary/aromatic N) is 1. The van der Waals surface area contributed by atoms with E-state index in [0.717, 1.165) is 14.8 Å². The zero-order chi connectivity index (χ0) is 26.6. The first kappa shape index (κ1) is 26.9. The number of carbonyl (C=O) groups excluding carboxylic acids is 1. The summed E-state index contributed by atoms with van der Waals surface area (Å²) < 4.78 is 40.7. The van der Waals surface area contributed by atoms with Crippen LogP contribution >= 0.6 is 11.8 Å². The molecule has 196 valence electrons. The Balaban J connectivity index is 1.68. The van der Waals surface area contributed by atoms with E-state index in [1.807, 2.05) is 51.3 Å². The lowest BCUT2D eigenvalue weighted by Crippen LogP contribution is -2.45. The Morgan fingerprint density at radius 1 is 1.08 bits per heavy atom. The molecule has 1 atom stereocenters. The smallest absolute Gasteiger partial charge is 0.264 e. The number of rotatable bonds is 9. The van der Waals surface area contributed by atoms with Gasteiger partial charge in [-0.3, -0.25) is 9.10 Å². The fourth-order valence-corrected chi connectivity index (χ4v) is 6.26. The van der Waals surface area contributed by atoms with Gasteiger partial charge in [-0.25, -0.2) is 8.42 Å². The van der Waals surface area contributed by atoms with Crippen LogP contribution in [0.5, 0.6) is 11.5 Å². The van der Waals surface area contributed by atoms with E-state index in [1.54, 1.807) is 48.5 Å². The van der Waals surface area contributed by atoms with Gasteiger partial charge in [-0.2, -0.15) is 0 Å². The van der Waals surface area contributed by atoms with E-state index in [0.29, 0.717) is 30.2 Å². The van der Waals surface area contributed by atoms with Crippen LogP contribution in [0.1, 0.15) is 38.8 Å². The molecule has 0 saturated heterocycles. The first-order chi connectivity index (χ1) is 17.6. The number of hydrogen-bond acceptors (Lipinski definition) is 6. The molecular formula is C28H32N2O5S2. The van der Waals surface area contributed by atoms with Crippen LogP contribution in [0.4, 0.5) is 5.69 Å². The highest BCUT2D eigenvalue weighted by molar-refractivity contribution is 7.98. The average molecular weight is 541 g/mol. The molecule has 0 spiro atoms. The fourth-order valence-electron chi connectivity index (χ4n) is 4.42. The molecule has 3 aromatic carbocycles. The lowest BCUT2D eigenvalue weighted by atomic mass is 9.89. The van der Waals surface area contributed by atoms with Gasteiger partial charge in [0, 0.05) is 16.9 Å². The van der Waals surface area contributed by atoms with E-state index in [2.05, 4.69) is 5.32 Å². The highest BCUT2D eigenvalue weighted by Gasteiger charge is 2.36. The molecule has 1 amide bonds. The number of nitrogens with one attached hydrogen (secondary N) is 1. The van der Waals surface area contributed by atoms with Gasteiger partial charge in [0.25, 0.3) is 10.0 Å². The Hall–Kier alpha value is -3.17. The fraction of sp³-hybridized carbons (Fsp3) is 0.321. The van der Waals surface area contributed by atoms with Crippen LogP contribution in [0.2, 0.25) is 0 Å². The monoisotopic (exact) mass is 540 g/mol. The van der Waals surface area contributed by atoms with Gasteiger partial charge in [-0.1, -0.05) is 30.3 Å². The third-order valence-electron chi connectivity index (χ3n) is 6.08. The maximum absolute atomic E-state index is 13.9. The quantitative estimate of drug-likeness (QED) is 0.365. The van der Waals surface area contributed by atoms with Crippen molar-refractivity contribution in [3.05, 3.63) is 78.4 Å². The van der Waals surface area contributed by atoms with Crippen LogP contribution in [0.15, 0.2) is 82.6 Å². The largest absolute Gasteiger partial charge is 0.492 e. The SMILES string of the molecule is CCOc1ccccc1N(CC(=O)NC1CC(C)(C)Oc2ccccc21)S(=O)(=O)c1ccc(SC)cc1. The zero-order valence-electron chi connectivity index (χ0n) is 21.4. The second kappa shape index (κ2) is 11.1. The molecule has 0 fully saturated rings. The zero-order valence-corrected chi connectivity index (χ0v) is 23.1. The summed E-state index contributed by atoms with van der Waals surface area (Å²) in [5.41, 5.74) is 0.687. The first-order valence-corrected chi connectivity index (χ1v) is 14.8. The summed E-state index contributed by atoms with van der Waals surface area (Å²) in [6.45, 7) is 5.71. The summed E-state index contributed by atoms with van der Waals surface area (Å²) in [6, 6.07) is 20.7. The van der Waals surface area contributed by atoms with Gasteiger partial charge in [-0.15, -0.1) is 11.8 Å². The van der Waals surface area contributed by atoms with Crippen molar-refractivity contribution in [1.29, 1.82) is 0 Å². The van der Waals surface area contributed by atoms with E-state index in [-0.39, 0.29) is 10.9 Å². The minimum absolute atomic E-state index is 0.0990. The maximum atomic E-state index is 13.9. The summed E-state index contributed by atoms with van der Waals surface area (Å²) in [4.78, 5) is 14.5. The van der Waals surface area contributed by atoms with Crippen LogP contribution in [0, 0.1) is 0 Å². The van der Waals surface area contributed by atoms with Crippen molar-refractivity contribution in [2.24, 2.45) is 0 Å². The van der Waals surface area contributed by atoms with Gasteiger partial charge < -0.3 is 14.8 Å². The van der Waals surface area contributed by atoms with Crippen molar-refractivity contribution in [3.63, 3.8) is 0 Å². The Bertz CT molecular complexity index is 1360. The highest BCUT2D eigenvalue weighted by atomic mass is 32.2. The van der Waals surface area contributed by atoms with Gasteiger partial charge in [-0.05, 0) is 69.5 Å². The summed E-state index contributed by atoms with van der Waals surface area (Å²) >= 11 is 1.52. The molecular weight excluding hydrogens is 508 g/mol. The molecule has 1 N–H and O–H groups in total. The first-order valence-electron chi connectivity index (χ1n) is 12.1. The summed E-state index contributed by atoms with van der Waals surface area (Å²) in [5, 5.41) is 3.05. The van der Waals surface area contributed by atoms with Crippen molar-refractivity contribution in [2.75, 3.05) is 23.7 Å². The van der Waals surface area contributed by atoms with Gasteiger partial charge in [0.05, 0.1) is 23.2 Å². The predicted molar refractivity (Wildman–Crippen MR) is 147 cm³/mol. The third kappa shape index (κ3) is 6.05. The minimum atomic E-state index is -4.08. The lowest BCUT2D eigenvalue weighted by molar-refractivity contribution is -0.120. The van der Waals surface area contributed by atoms with Crippen LogP contribution in [0.3, 0.4) is 0 Å². The number of carbonyl (C=O) groups is 1. The molecule has 0 aromatic heterocycles. The van der Waals surface area contributed by atoms with E-state index >= 15 is 0 Å².